The first kappa shape index (κ1) is 12.9. The molecule has 0 aliphatic heterocycles. The van der Waals surface area contributed by atoms with Crippen molar-refractivity contribution in [1.82, 2.24) is 0 Å². The van der Waals surface area contributed by atoms with Gasteiger partial charge in [-0.25, -0.2) is 0 Å². The van der Waals surface area contributed by atoms with Crippen LogP contribution in [0.3, 0.4) is 0 Å². The van der Waals surface area contributed by atoms with Crippen LogP contribution in [0.1, 0.15) is 47.9 Å². The van der Waals surface area contributed by atoms with Crippen molar-refractivity contribution in [1.29, 1.82) is 0 Å². The number of hydrogen-bond acceptors (Lipinski definition) is 2. The molecule has 96 valence electrons. The molecule has 2 heteroatoms. The van der Waals surface area contributed by atoms with E-state index in [0.29, 0.717) is 0 Å². The summed E-state index contributed by atoms with van der Waals surface area (Å²) >= 11 is 0. The number of benzene rings is 1. The fourth-order valence-corrected chi connectivity index (χ4v) is 2.41. The standard InChI is InChI=1S/C16H21NO/c1-4-12-6-7-14(10-13(12)5-2)16(17)15-8-9-18-11(15)3/h6-10,16H,4-5,17H2,1-3H3. The number of nitrogens with two attached hydrogens (primary N) is 1. The monoisotopic (exact) mass is 243 g/mol. The third kappa shape index (κ3) is 2.34. The number of hydrogen-bond donors (Lipinski definition) is 1. The van der Waals surface area contributed by atoms with Gasteiger partial charge in [0.15, 0.2) is 0 Å². The van der Waals surface area contributed by atoms with E-state index < -0.39 is 0 Å². The molecule has 0 bridgehead atoms. The fraction of sp³-hybridized carbons (Fsp3) is 0.375. The van der Waals surface area contributed by atoms with E-state index in [1.54, 1.807) is 6.26 Å². The Hall–Kier alpha value is -1.54. The second kappa shape index (κ2) is 5.40. The van der Waals surface area contributed by atoms with Crippen LogP contribution in [0.5, 0.6) is 0 Å². The minimum atomic E-state index is -0.0973. The summed E-state index contributed by atoms with van der Waals surface area (Å²) in [6.45, 7) is 6.33. The van der Waals surface area contributed by atoms with Gasteiger partial charge in [0, 0.05) is 5.56 Å². The topological polar surface area (TPSA) is 39.2 Å². The summed E-state index contributed by atoms with van der Waals surface area (Å²) in [5.74, 6) is 0.903. The van der Waals surface area contributed by atoms with Crippen molar-refractivity contribution in [3.63, 3.8) is 0 Å². The summed E-state index contributed by atoms with van der Waals surface area (Å²) in [6.07, 6.45) is 3.82. The van der Waals surface area contributed by atoms with Crippen LogP contribution in [0, 0.1) is 6.92 Å². The van der Waals surface area contributed by atoms with Crippen LogP contribution in [0.4, 0.5) is 0 Å². The van der Waals surface area contributed by atoms with Gasteiger partial charge >= 0.3 is 0 Å². The maximum absolute atomic E-state index is 6.32. The van der Waals surface area contributed by atoms with Crippen molar-refractivity contribution < 1.29 is 4.42 Å². The highest BCUT2D eigenvalue weighted by Crippen LogP contribution is 2.25. The lowest BCUT2D eigenvalue weighted by molar-refractivity contribution is 0.527. The van der Waals surface area contributed by atoms with Crippen LogP contribution < -0.4 is 5.73 Å². The minimum Gasteiger partial charge on any atom is -0.469 e. The molecule has 1 atom stereocenters. The van der Waals surface area contributed by atoms with Crippen LogP contribution in [-0.2, 0) is 12.8 Å². The van der Waals surface area contributed by atoms with Crippen LogP contribution in [0.25, 0.3) is 0 Å². The first-order valence-electron chi connectivity index (χ1n) is 6.58. The highest BCUT2D eigenvalue weighted by Gasteiger charge is 2.14. The molecule has 1 aromatic heterocycles. The largest absolute Gasteiger partial charge is 0.469 e. The van der Waals surface area contributed by atoms with E-state index in [2.05, 4.69) is 32.0 Å². The summed E-state index contributed by atoms with van der Waals surface area (Å²) in [4.78, 5) is 0. The Morgan fingerprint density at radius 2 is 1.83 bits per heavy atom. The Kier molecular flexibility index (Phi) is 3.87. The minimum absolute atomic E-state index is 0.0973. The van der Waals surface area contributed by atoms with E-state index in [1.165, 1.54) is 11.1 Å². The van der Waals surface area contributed by atoms with E-state index in [1.807, 2.05) is 13.0 Å². The zero-order valence-electron chi connectivity index (χ0n) is 11.4. The molecule has 1 aromatic carbocycles. The van der Waals surface area contributed by atoms with Crippen molar-refractivity contribution >= 4 is 0 Å². The fourth-order valence-electron chi connectivity index (χ4n) is 2.41. The van der Waals surface area contributed by atoms with Gasteiger partial charge in [0.2, 0.25) is 0 Å². The molecule has 2 aromatic rings. The van der Waals surface area contributed by atoms with Crippen molar-refractivity contribution in [2.24, 2.45) is 5.73 Å². The average molecular weight is 243 g/mol. The molecule has 0 saturated carbocycles. The van der Waals surface area contributed by atoms with Gasteiger partial charge in [0.25, 0.3) is 0 Å². The third-order valence-corrected chi connectivity index (χ3v) is 3.59. The Morgan fingerprint density at radius 1 is 1.11 bits per heavy atom. The summed E-state index contributed by atoms with van der Waals surface area (Å²) in [6, 6.07) is 8.42. The molecule has 0 aliphatic carbocycles. The summed E-state index contributed by atoms with van der Waals surface area (Å²) in [7, 11) is 0. The Balaban J connectivity index is 2.37. The molecule has 18 heavy (non-hydrogen) atoms. The predicted octanol–water partition coefficient (Wildman–Crippen LogP) is 3.76. The molecule has 0 amide bonds. The summed E-state index contributed by atoms with van der Waals surface area (Å²) < 4.78 is 5.33. The molecule has 0 spiro atoms. The van der Waals surface area contributed by atoms with Gasteiger partial charge in [-0.2, -0.15) is 0 Å². The normalized spacial score (nSPS) is 12.7. The van der Waals surface area contributed by atoms with Crippen LogP contribution >= 0.6 is 0 Å². The van der Waals surface area contributed by atoms with E-state index >= 15 is 0 Å². The molecule has 1 heterocycles. The predicted molar refractivity (Wildman–Crippen MR) is 74.7 cm³/mol. The van der Waals surface area contributed by atoms with Gasteiger partial charge in [-0.15, -0.1) is 0 Å². The molecule has 2 rings (SSSR count). The maximum Gasteiger partial charge on any atom is 0.105 e. The molecule has 1 unspecified atom stereocenters. The van der Waals surface area contributed by atoms with Crippen LogP contribution in [0.15, 0.2) is 34.9 Å². The van der Waals surface area contributed by atoms with E-state index in [4.69, 9.17) is 10.2 Å². The lowest BCUT2D eigenvalue weighted by atomic mass is 9.94. The van der Waals surface area contributed by atoms with E-state index in [9.17, 15) is 0 Å². The summed E-state index contributed by atoms with van der Waals surface area (Å²) in [5.41, 5.74) is 11.4. The molecule has 0 aliphatic rings. The highest BCUT2D eigenvalue weighted by atomic mass is 16.3. The molecular weight excluding hydrogens is 222 g/mol. The first-order chi connectivity index (χ1) is 8.67. The zero-order chi connectivity index (χ0) is 13.1. The molecule has 0 saturated heterocycles. The van der Waals surface area contributed by atoms with Crippen molar-refractivity contribution in [3.8, 4) is 0 Å². The lowest BCUT2D eigenvalue weighted by Gasteiger charge is -2.14. The van der Waals surface area contributed by atoms with Gasteiger partial charge in [-0.05, 0) is 42.5 Å². The lowest BCUT2D eigenvalue weighted by Crippen LogP contribution is -2.12. The highest BCUT2D eigenvalue weighted by molar-refractivity contribution is 5.38. The van der Waals surface area contributed by atoms with Gasteiger partial charge in [0.05, 0.1) is 12.3 Å². The van der Waals surface area contributed by atoms with Crippen LogP contribution in [0.2, 0.25) is 0 Å². The Morgan fingerprint density at radius 3 is 2.39 bits per heavy atom. The number of aryl methyl sites for hydroxylation is 3. The van der Waals surface area contributed by atoms with Crippen molar-refractivity contribution in [2.75, 3.05) is 0 Å². The molecular formula is C16H21NO. The molecule has 2 nitrogen and oxygen atoms in total. The third-order valence-electron chi connectivity index (χ3n) is 3.59. The quantitative estimate of drug-likeness (QED) is 0.888. The molecule has 2 N–H and O–H groups in total. The zero-order valence-corrected chi connectivity index (χ0v) is 11.4. The average Bonchev–Trinajstić information content (AvgIpc) is 2.83. The van der Waals surface area contributed by atoms with Gasteiger partial charge < -0.3 is 10.2 Å². The number of rotatable bonds is 4. The van der Waals surface area contributed by atoms with Crippen molar-refractivity contribution in [2.45, 2.75) is 39.7 Å². The number of furan rings is 1. The Bertz CT molecular complexity index is 528. The second-order valence-electron chi connectivity index (χ2n) is 4.65. The van der Waals surface area contributed by atoms with E-state index in [-0.39, 0.29) is 6.04 Å². The van der Waals surface area contributed by atoms with Gasteiger partial charge in [-0.1, -0.05) is 32.0 Å². The van der Waals surface area contributed by atoms with Crippen LogP contribution in [-0.4, -0.2) is 0 Å². The maximum atomic E-state index is 6.32. The molecule has 0 radical (unpaired) electrons. The van der Waals surface area contributed by atoms with Gasteiger partial charge in [-0.3, -0.25) is 0 Å². The first-order valence-corrected chi connectivity index (χ1v) is 6.58. The smallest absolute Gasteiger partial charge is 0.105 e. The van der Waals surface area contributed by atoms with Gasteiger partial charge in [0.1, 0.15) is 5.76 Å². The van der Waals surface area contributed by atoms with Crippen molar-refractivity contribution in [3.05, 3.63) is 58.5 Å². The van der Waals surface area contributed by atoms with E-state index in [0.717, 1.165) is 29.7 Å². The Labute approximate surface area is 109 Å². The molecule has 0 fully saturated rings. The summed E-state index contributed by atoms with van der Waals surface area (Å²) in [5, 5.41) is 0. The second-order valence-corrected chi connectivity index (χ2v) is 4.65. The SMILES string of the molecule is CCc1ccc(C(N)c2ccoc2C)cc1CC.